The first-order valence-corrected chi connectivity index (χ1v) is 10.8. The highest BCUT2D eigenvalue weighted by Crippen LogP contribution is 2.36. The van der Waals surface area contributed by atoms with E-state index in [2.05, 4.69) is 34.1 Å². The standard InChI is InChI=1S/C27H24FN3O/c28-23-14-12-21(13-15-23)26-25-11-6-18-30(25)24-10-5-4-9-22(24)19-31(26)27(32)29-17-16-20-7-2-1-3-8-20/h1-15,18,26H,16-17,19H2,(H,29,32)/t26-/m1/s1. The lowest BCUT2D eigenvalue weighted by Crippen LogP contribution is -2.42. The van der Waals surface area contributed by atoms with E-state index in [0.717, 1.165) is 28.9 Å². The number of benzene rings is 3. The summed E-state index contributed by atoms with van der Waals surface area (Å²) in [4.78, 5) is 15.3. The summed E-state index contributed by atoms with van der Waals surface area (Å²) in [6.07, 6.45) is 2.77. The quantitative estimate of drug-likeness (QED) is 0.462. The molecule has 1 aromatic heterocycles. The van der Waals surface area contributed by atoms with E-state index in [1.807, 2.05) is 53.6 Å². The Hall–Kier alpha value is -3.86. The van der Waals surface area contributed by atoms with Gasteiger partial charge in [0.1, 0.15) is 5.82 Å². The summed E-state index contributed by atoms with van der Waals surface area (Å²) < 4.78 is 15.8. The molecule has 5 heteroatoms. The van der Waals surface area contributed by atoms with Crippen LogP contribution in [0.25, 0.3) is 5.69 Å². The molecule has 3 aromatic carbocycles. The van der Waals surface area contributed by atoms with Gasteiger partial charge in [-0.15, -0.1) is 0 Å². The summed E-state index contributed by atoms with van der Waals surface area (Å²) in [6.45, 7) is 0.995. The maximum Gasteiger partial charge on any atom is 0.318 e. The monoisotopic (exact) mass is 425 g/mol. The van der Waals surface area contributed by atoms with Crippen molar-refractivity contribution in [1.82, 2.24) is 14.8 Å². The van der Waals surface area contributed by atoms with E-state index in [1.165, 1.54) is 17.7 Å². The summed E-state index contributed by atoms with van der Waals surface area (Å²) in [7, 11) is 0. The molecule has 1 aliphatic rings. The number of fused-ring (bicyclic) bond motifs is 3. The minimum absolute atomic E-state index is 0.139. The van der Waals surface area contributed by atoms with Gasteiger partial charge in [-0.3, -0.25) is 0 Å². The molecule has 0 spiro atoms. The summed E-state index contributed by atoms with van der Waals surface area (Å²) in [6, 6.07) is 28.2. The van der Waals surface area contributed by atoms with Gasteiger partial charge in [-0.2, -0.15) is 0 Å². The van der Waals surface area contributed by atoms with Crippen molar-refractivity contribution in [2.45, 2.75) is 19.0 Å². The number of nitrogens with one attached hydrogen (secondary N) is 1. The van der Waals surface area contributed by atoms with Gasteiger partial charge in [0, 0.05) is 18.4 Å². The lowest BCUT2D eigenvalue weighted by molar-refractivity contribution is 0.180. The van der Waals surface area contributed by atoms with Crippen LogP contribution in [0.1, 0.15) is 28.4 Å². The van der Waals surface area contributed by atoms with E-state index in [0.29, 0.717) is 13.1 Å². The molecule has 0 fully saturated rings. The fourth-order valence-corrected chi connectivity index (χ4v) is 4.40. The lowest BCUT2D eigenvalue weighted by Gasteiger charge is -2.31. The maximum absolute atomic E-state index is 13.7. The molecule has 0 aliphatic carbocycles. The molecule has 1 aliphatic heterocycles. The maximum atomic E-state index is 13.7. The summed E-state index contributed by atoms with van der Waals surface area (Å²) in [5.74, 6) is -0.292. The van der Waals surface area contributed by atoms with Gasteiger partial charge >= 0.3 is 6.03 Å². The van der Waals surface area contributed by atoms with Crippen molar-refractivity contribution in [2.24, 2.45) is 0 Å². The van der Waals surface area contributed by atoms with Crippen molar-refractivity contribution in [3.05, 3.63) is 125 Å². The summed E-state index contributed by atoms with van der Waals surface area (Å²) in [5, 5.41) is 3.10. The average molecular weight is 426 g/mol. The van der Waals surface area contributed by atoms with Crippen LogP contribution >= 0.6 is 0 Å². The zero-order valence-corrected chi connectivity index (χ0v) is 17.6. The molecule has 160 valence electrons. The van der Waals surface area contributed by atoms with Crippen LogP contribution in [-0.2, 0) is 13.0 Å². The molecule has 2 heterocycles. The van der Waals surface area contributed by atoms with Gasteiger partial charge in [-0.05, 0) is 53.4 Å². The second-order valence-corrected chi connectivity index (χ2v) is 7.98. The predicted molar refractivity (Wildman–Crippen MR) is 123 cm³/mol. The Labute approximate surface area is 186 Å². The number of hydrogen-bond donors (Lipinski definition) is 1. The van der Waals surface area contributed by atoms with Crippen LogP contribution in [0.2, 0.25) is 0 Å². The number of amides is 2. The van der Waals surface area contributed by atoms with Crippen LogP contribution in [0.3, 0.4) is 0 Å². The molecule has 0 radical (unpaired) electrons. The average Bonchev–Trinajstić information content (AvgIpc) is 3.25. The Balaban J connectivity index is 1.49. The largest absolute Gasteiger partial charge is 0.338 e. The Morgan fingerprint density at radius 3 is 2.47 bits per heavy atom. The van der Waals surface area contributed by atoms with Crippen LogP contribution in [0.15, 0.2) is 97.2 Å². The highest BCUT2D eigenvalue weighted by Gasteiger charge is 2.32. The number of carbonyl (C=O) groups excluding carboxylic acids is 1. The van der Waals surface area contributed by atoms with Gasteiger partial charge in [0.25, 0.3) is 0 Å². The molecular formula is C27H24FN3O. The van der Waals surface area contributed by atoms with Crippen molar-refractivity contribution in [2.75, 3.05) is 6.54 Å². The summed E-state index contributed by atoms with van der Waals surface area (Å²) >= 11 is 0. The Bertz CT molecular complexity index is 1220. The number of para-hydroxylation sites is 1. The second kappa shape index (κ2) is 8.71. The Kier molecular flexibility index (Phi) is 5.46. The third-order valence-electron chi connectivity index (χ3n) is 5.94. The molecule has 1 N–H and O–H groups in total. The van der Waals surface area contributed by atoms with E-state index in [9.17, 15) is 9.18 Å². The predicted octanol–water partition coefficient (Wildman–Crippen LogP) is 5.47. The minimum atomic E-state index is -0.338. The molecule has 32 heavy (non-hydrogen) atoms. The molecule has 0 saturated heterocycles. The van der Waals surface area contributed by atoms with Gasteiger partial charge in [0.15, 0.2) is 0 Å². The topological polar surface area (TPSA) is 37.3 Å². The normalized spacial score (nSPS) is 14.9. The minimum Gasteiger partial charge on any atom is -0.338 e. The molecular weight excluding hydrogens is 401 g/mol. The van der Waals surface area contributed by atoms with Gasteiger partial charge in [0.2, 0.25) is 0 Å². The Morgan fingerprint density at radius 1 is 0.906 bits per heavy atom. The molecule has 5 rings (SSSR count). The van der Waals surface area contributed by atoms with Crippen molar-refractivity contribution in [3.63, 3.8) is 0 Å². The van der Waals surface area contributed by atoms with Crippen molar-refractivity contribution in [1.29, 1.82) is 0 Å². The first-order valence-electron chi connectivity index (χ1n) is 10.8. The lowest BCUT2D eigenvalue weighted by atomic mass is 10.0. The number of halogens is 1. The van der Waals surface area contributed by atoms with E-state index in [1.54, 1.807) is 12.1 Å². The second-order valence-electron chi connectivity index (χ2n) is 7.98. The molecule has 0 bridgehead atoms. The van der Waals surface area contributed by atoms with Gasteiger partial charge in [-0.25, -0.2) is 9.18 Å². The zero-order valence-electron chi connectivity index (χ0n) is 17.6. The summed E-state index contributed by atoms with van der Waals surface area (Å²) in [5.41, 5.74) is 5.14. The van der Waals surface area contributed by atoms with Crippen LogP contribution < -0.4 is 5.32 Å². The van der Waals surface area contributed by atoms with Crippen molar-refractivity contribution in [3.8, 4) is 5.69 Å². The molecule has 4 nitrogen and oxygen atoms in total. The number of rotatable bonds is 4. The smallest absolute Gasteiger partial charge is 0.318 e. The third-order valence-corrected chi connectivity index (χ3v) is 5.94. The molecule has 1 atom stereocenters. The fraction of sp³-hybridized carbons (Fsp3) is 0.148. The van der Waals surface area contributed by atoms with Crippen LogP contribution in [-0.4, -0.2) is 22.0 Å². The first-order chi connectivity index (χ1) is 15.7. The van der Waals surface area contributed by atoms with Crippen LogP contribution in [0.5, 0.6) is 0 Å². The number of urea groups is 1. The van der Waals surface area contributed by atoms with Crippen molar-refractivity contribution < 1.29 is 9.18 Å². The van der Waals surface area contributed by atoms with E-state index in [-0.39, 0.29) is 17.9 Å². The van der Waals surface area contributed by atoms with E-state index in [4.69, 9.17) is 0 Å². The van der Waals surface area contributed by atoms with Gasteiger partial charge < -0.3 is 14.8 Å². The highest BCUT2D eigenvalue weighted by molar-refractivity contribution is 5.76. The molecule has 2 amide bonds. The number of carbonyl (C=O) groups is 1. The zero-order chi connectivity index (χ0) is 21.9. The molecule has 4 aromatic rings. The number of hydrogen-bond acceptors (Lipinski definition) is 1. The van der Waals surface area contributed by atoms with Crippen LogP contribution in [0.4, 0.5) is 9.18 Å². The highest BCUT2D eigenvalue weighted by atomic mass is 19.1. The van der Waals surface area contributed by atoms with E-state index < -0.39 is 0 Å². The number of aromatic nitrogens is 1. The Morgan fingerprint density at radius 2 is 1.66 bits per heavy atom. The third kappa shape index (κ3) is 3.89. The van der Waals surface area contributed by atoms with Crippen molar-refractivity contribution >= 4 is 6.03 Å². The SMILES string of the molecule is O=C(NCCc1ccccc1)N1Cc2ccccc2-n2cccc2[C@H]1c1ccc(F)cc1. The fourth-order valence-electron chi connectivity index (χ4n) is 4.40. The van der Waals surface area contributed by atoms with E-state index >= 15 is 0 Å². The molecule has 0 unspecified atom stereocenters. The van der Waals surface area contributed by atoms with Gasteiger partial charge in [0.05, 0.1) is 18.3 Å². The number of nitrogens with zero attached hydrogens (tertiary/aromatic N) is 2. The van der Waals surface area contributed by atoms with Crippen LogP contribution in [0, 0.1) is 5.82 Å². The first kappa shape index (κ1) is 20.1. The molecule has 0 saturated carbocycles. The van der Waals surface area contributed by atoms with Gasteiger partial charge in [-0.1, -0.05) is 60.7 Å².